The van der Waals surface area contributed by atoms with Gasteiger partial charge in [-0.25, -0.2) is 0 Å². The summed E-state index contributed by atoms with van der Waals surface area (Å²) in [5, 5.41) is 0.930. The van der Waals surface area contributed by atoms with Gasteiger partial charge in [0.15, 0.2) is 0 Å². The Kier molecular flexibility index (Phi) is 8.79. The van der Waals surface area contributed by atoms with Crippen LogP contribution >= 0.6 is 23.4 Å². The van der Waals surface area contributed by atoms with E-state index in [2.05, 4.69) is 26.8 Å². The van der Waals surface area contributed by atoms with Crippen molar-refractivity contribution >= 4 is 23.4 Å². The van der Waals surface area contributed by atoms with Crippen molar-refractivity contribution in [1.82, 2.24) is 0 Å². The molecule has 0 aromatic heterocycles. The van der Waals surface area contributed by atoms with Crippen LogP contribution in [0, 0.1) is 0 Å². The molecule has 0 atom stereocenters. The second-order valence-electron chi connectivity index (χ2n) is 3.03. The van der Waals surface area contributed by atoms with Crippen molar-refractivity contribution in [1.29, 1.82) is 0 Å². The maximum atomic E-state index is 5.88. The lowest BCUT2D eigenvalue weighted by Crippen LogP contribution is -1.83. The predicted octanol–water partition coefficient (Wildman–Crippen LogP) is 4.61. The number of allylic oxidation sites excluding steroid dienone is 3. The maximum absolute atomic E-state index is 5.88. The van der Waals surface area contributed by atoms with Crippen LogP contribution in [0.5, 0.6) is 0 Å². The highest BCUT2D eigenvalue weighted by atomic mass is 35.5. The molecular formula is C11H19ClS. The molecule has 0 fully saturated rings. The van der Waals surface area contributed by atoms with Crippen LogP contribution in [0.3, 0.4) is 0 Å². The Bertz CT molecular complexity index is 183. The maximum Gasteiger partial charge on any atom is 0.0178 e. The number of halogens is 1. The minimum absolute atomic E-state index is 0.924. The number of hydrogen-bond donors (Lipinski definition) is 0. The van der Waals surface area contributed by atoms with Crippen LogP contribution in [-0.4, -0.2) is 11.5 Å². The number of thioether (sulfide) groups is 1. The Morgan fingerprint density at radius 2 is 2.00 bits per heavy atom. The van der Waals surface area contributed by atoms with Gasteiger partial charge in [-0.1, -0.05) is 37.1 Å². The summed E-state index contributed by atoms with van der Waals surface area (Å²) in [6, 6.07) is 0. The summed E-state index contributed by atoms with van der Waals surface area (Å²) >= 11 is 7.86. The lowest BCUT2D eigenvalue weighted by molar-refractivity contribution is 1.11. The first-order chi connectivity index (χ1) is 6.20. The Morgan fingerprint density at radius 1 is 1.31 bits per heavy atom. The van der Waals surface area contributed by atoms with E-state index in [1.807, 2.05) is 17.8 Å². The van der Waals surface area contributed by atoms with Gasteiger partial charge in [-0.2, -0.15) is 11.8 Å². The molecule has 0 saturated heterocycles. The summed E-state index contributed by atoms with van der Waals surface area (Å²) in [4.78, 5) is 0. The van der Waals surface area contributed by atoms with Gasteiger partial charge in [-0.15, -0.1) is 0 Å². The topological polar surface area (TPSA) is 0 Å². The highest BCUT2D eigenvalue weighted by Gasteiger charge is 1.89. The van der Waals surface area contributed by atoms with Gasteiger partial charge < -0.3 is 0 Å². The van der Waals surface area contributed by atoms with Crippen LogP contribution in [-0.2, 0) is 0 Å². The molecule has 0 amide bonds. The summed E-state index contributed by atoms with van der Waals surface area (Å²) in [7, 11) is 0. The third kappa shape index (κ3) is 8.45. The van der Waals surface area contributed by atoms with Gasteiger partial charge in [0.05, 0.1) is 0 Å². The molecule has 0 aliphatic rings. The van der Waals surface area contributed by atoms with Gasteiger partial charge in [0.2, 0.25) is 0 Å². The van der Waals surface area contributed by atoms with Crippen LogP contribution in [0.25, 0.3) is 0 Å². The molecule has 76 valence electrons. The summed E-state index contributed by atoms with van der Waals surface area (Å²) in [6.45, 7) is 6.42. The minimum atomic E-state index is 0.924. The van der Waals surface area contributed by atoms with Gasteiger partial charge in [0.25, 0.3) is 0 Å². The molecule has 13 heavy (non-hydrogen) atoms. The Balaban J connectivity index is 3.75. The standard InChI is InChI=1S/C11H19ClS/c1-4-8-13-9-10(3)6-7-11(12)5-2/h6-7H,4-5,8-9H2,1-3H3/b10-6+,11-7+. The average Bonchev–Trinajstić information content (AvgIpc) is 2.14. The van der Waals surface area contributed by atoms with Crippen LogP contribution in [0.4, 0.5) is 0 Å². The Morgan fingerprint density at radius 3 is 2.54 bits per heavy atom. The molecule has 0 aromatic rings. The third-order valence-corrected chi connectivity index (χ3v) is 3.31. The normalized spacial score (nSPS) is 13.5. The summed E-state index contributed by atoms with van der Waals surface area (Å²) in [5.41, 5.74) is 1.39. The van der Waals surface area contributed by atoms with E-state index in [-0.39, 0.29) is 0 Å². The largest absolute Gasteiger partial charge is 0.158 e. The monoisotopic (exact) mass is 218 g/mol. The first-order valence-corrected chi connectivity index (χ1v) is 6.33. The van der Waals surface area contributed by atoms with Crippen molar-refractivity contribution in [3.63, 3.8) is 0 Å². The van der Waals surface area contributed by atoms with E-state index in [4.69, 9.17) is 11.6 Å². The van der Waals surface area contributed by atoms with Crippen molar-refractivity contribution in [2.75, 3.05) is 11.5 Å². The van der Waals surface area contributed by atoms with E-state index in [0.717, 1.165) is 17.2 Å². The highest BCUT2D eigenvalue weighted by Crippen LogP contribution is 2.11. The molecular weight excluding hydrogens is 200 g/mol. The van der Waals surface area contributed by atoms with Crippen molar-refractivity contribution in [2.45, 2.75) is 33.6 Å². The quantitative estimate of drug-likeness (QED) is 0.464. The third-order valence-electron chi connectivity index (χ3n) is 1.56. The smallest absolute Gasteiger partial charge is 0.0178 e. The van der Waals surface area contributed by atoms with E-state index >= 15 is 0 Å². The van der Waals surface area contributed by atoms with E-state index in [1.165, 1.54) is 17.7 Å². The van der Waals surface area contributed by atoms with E-state index in [0.29, 0.717) is 0 Å². The summed E-state index contributed by atoms with van der Waals surface area (Å²) in [5.74, 6) is 2.37. The van der Waals surface area contributed by atoms with E-state index in [1.54, 1.807) is 0 Å². The first kappa shape index (κ1) is 13.1. The molecule has 0 spiro atoms. The molecule has 0 radical (unpaired) electrons. The Hall–Kier alpha value is 0.120. The predicted molar refractivity (Wildman–Crippen MR) is 65.6 cm³/mol. The molecule has 0 unspecified atom stereocenters. The summed E-state index contributed by atoms with van der Waals surface area (Å²) < 4.78 is 0. The van der Waals surface area contributed by atoms with Crippen LogP contribution < -0.4 is 0 Å². The summed E-state index contributed by atoms with van der Waals surface area (Å²) in [6.07, 6.45) is 6.30. The van der Waals surface area contributed by atoms with Gasteiger partial charge in [0.1, 0.15) is 0 Å². The number of hydrogen-bond acceptors (Lipinski definition) is 1. The fourth-order valence-corrected chi connectivity index (χ4v) is 1.69. The minimum Gasteiger partial charge on any atom is -0.158 e. The molecule has 0 heterocycles. The van der Waals surface area contributed by atoms with Gasteiger partial charge in [0, 0.05) is 10.8 Å². The van der Waals surface area contributed by atoms with Crippen LogP contribution in [0.1, 0.15) is 33.6 Å². The lowest BCUT2D eigenvalue weighted by Gasteiger charge is -1.98. The van der Waals surface area contributed by atoms with Gasteiger partial charge in [-0.3, -0.25) is 0 Å². The molecule has 0 aliphatic heterocycles. The van der Waals surface area contributed by atoms with E-state index < -0.39 is 0 Å². The van der Waals surface area contributed by atoms with Crippen molar-refractivity contribution < 1.29 is 0 Å². The van der Waals surface area contributed by atoms with Crippen LogP contribution in [0.2, 0.25) is 0 Å². The molecule has 0 saturated carbocycles. The second-order valence-corrected chi connectivity index (χ2v) is 4.62. The molecule has 0 aliphatic carbocycles. The molecule has 0 N–H and O–H groups in total. The Labute approximate surface area is 91.4 Å². The zero-order valence-electron chi connectivity index (χ0n) is 8.77. The highest BCUT2D eigenvalue weighted by molar-refractivity contribution is 7.99. The lowest BCUT2D eigenvalue weighted by atomic mass is 10.3. The van der Waals surface area contributed by atoms with Crippen molar-refractivity contribution in [2.24, 2.45) is 0 Å². The zero-order valence-corrected chi connectivity index (χ0v) is 10.3. The molecule has 2 heteroatoms. The van der Waals surface area contributed by atoms with Crippen molar-refractivity contribution in [3.8, 4) is 0 Å². The fraction of sp³-hybridized carbons (Fsp3) is 0.636. The first-order valence-electron chi connectivity index (χ1n) is 4.80. The SMILES string of the molecule is CCCSC/C(C)=C/C=C(/Cl)CC. The molecule has 0 nitrogen and oxygen atoms in total. The number of rotatable bonds is 6. The average molecular weight is 219 g/mol. The second kappa shape index (κ2) is 8.71. The zero-order chi connectivity index (χ0) is 10.1. The van der Waals surface area contributed by atoms with E-state index in [9.17, 15) is 0 Å². The molecule has 0 rings (SSSR count). The van der Waals surface area contributed by atoms with Crippen molar-refractivity contribution in [3.05, 3.63) is 22.8 Å². The van der Waals surface area contributed by atoms with Crippen LogP contribution in [0.15, 0.2) is 22.8 Å². The fourth-order valence-electron chi connectivity index (χ4n) is 0.776. The van der Waals surface area contributed by atoms with Gasteiger partial charge >= 0.3 is 0 Å². The molecule has 0 aromatic carbocycles. The van der Waals surface area contributed by atoms with Gasteiger partial charge in [-0.05, 0) is 31.6 Å². The molecule has 0 bridgehead atoms.